The number of rotatable bonds is 3. The van der Waals surface area contributed by atoms with E-state index in [9.17, 15) is 18.0 Å². The number of ketones is 1. The molecule has 0 spiro atoms. The molecule has 1 unspecified atom stereocenters. The minimum atomic E-state index is -3.82. The van der Waals surface area contributed by atoms with E-state index in [1.165, 1.54) is 0 Å². The Morgan fingerprint density at radius 2 is 2.15 bits per heavy atom. The summed E-state index contributed by atoms with van der Waals surface area (Å²) in [5, 5.41) is 4.33. The van der Waals surface area contributed by atoms with Crippen LogP contribution in [0.5, 0.6) is 0 Å². The van der Waals surface area contributed by atoms with Gasteiger partial charge >= 0.3 is 0 Å². The van der Waals surface area contributed by atoms with E-state index in [0.29, 0.717) is 0 Å². The summed E-state index contributed by atoms with van der Waals surface area (Å²) in [5.41, 5.74) is 0. The zero-order valence-electron chi connectivity index (χ0n) is 6.52. The van der Waals surface area contributed by atoms with Crippen molar-refractivity contribution in [2.45, 2.75) is 0 Å². The molecule has 0 radical (unpaired) electrons. The van der Waals surface area contributed by atoms with Crippen LogP contribution >= 0.6 is 11.8 Å². The number of hydrogen-bond donors (Lipinski definition) is 2. The summed E-state index contributed by atoms with van der Waals surface area (Å²) in [5.74, 6) is -1.01. The Morgan fingerprint density at radius 1 is 1.54 bits per heavy atom. The molecular formula is C5H8N2O4S2. The van der Waals surface area contributed by atoms with Crippen molar-refractivity contribution in [3.8, 4) is 0 Å². The van der Waals surface area contributed by atoms with Gasteiger partial charge in [-0.15, -0.1) is 0 Å². The summed E-state index contributed by atoms with van der Waals surface area (Å²) in [6, 6.07) is 0. The van der Waals surface area contributed by atoms with Gasteiger partial charge in [0.25, 0.3) is 10.2 Å². The third kappa shape index (κ3) is 3.07. The number of carbonyl (C=O) groups excluding carboxylic acids is 2. The first-order valence-corrected chi connectivity index (χ1v) is 5.90. The van der Waals surface area contributed by atoms with Gasteiger partial charge in [0.15, 0.2) is 5.78 Å². The lowest BCUT2D eigenvalue weighted by Crippen LogP contribution is -2.37. The molecule has 0 aromatic heterocycles. The second-order valence-electron chi connectivity index (χ2n) is 2.52. The Bertz CT molecular complexity index is 320. The summed E-state index contributed by atoms with van der Waals surface area (Å²) in [6.45, 7) is -0.233. The number of Topliss-reactive ketones (excluding diaryl/α,β-unsaturated/α-hetero) is 1. The number of nitrogens with two attached hydrogens (primary N) is 1. The van der Waals surface area contributed by atoms with E-state index < -0.39 is 16.1 Å². The van der Waals surface area contributed by atoms with Crippen molar-refractivity contribution in [2.75, 3.05) is 12.3 Å². The van der Waals surface area contributed by atoms with Gasteiger partial charge in [0, 0.05) is 6.54 Å². The fourth-order valence-electron chi connectivity index (χ4n) is 0.872. The maximum absolute atomic E-state index is 11.0. The number of nitrogens with one attached hydrogen (secondary N) is 1. The van der Waals surface area contributed by atoms with E-state index in [4.69, 9.17) is 0 Å². The van der Waals surface area contributed by atoms with Gasteiger partial charge in [-0.05, 0) is 0 Å². The molecule has 0 aromatic carbocycles. The van der Waals surface area contributed by atoms with E-state index in [0.717, 1.165) is 11.8 Å². The second-order valence-corrected chi connectivity index (χ2v) is 4.88. The molecule has 1 rings (SSSR count). The standard InChI is InChI=1S/C5H8N2O4S2/c6-13(10,11)7-1-3-4(8)2-12-5(3)9/h3,7H,1-2H2,(H2,6,10,11). The largest absolute Gasteiger partial charge is 0.298 e. The molecule has 8 heteroatoms. The molecular weight excluding hydrogens is 216 g/mol. The summed E-state index contributed by atoms with van der Waals surface area (Å²) in [4.78, 5) is 22.0. The lowest BCUT2D eigenvalue weighted by molar-refractivity contribution is -0.125. The fourth-order valence-corrected chi connectivity index (χ4v) is 2.17. The third-order valence-electron chi connectivity index (χ3n) is 1.52. The van der Waals surface area contributed by atoms with Crippen LogP contribution in [0.4, 0.5) is 0 Å². The van der Waals surface area contributed by atoms with E-state index in [2.05, 4.69) is 5.14 Å². The molecule has 0 aromatic rings. The van der Waals surface area contributed by atoms with Crippen LogP contribution in [0.2, 0.25) is 0 Å². The average molecular weight is 224 g/mol. The van der Waals surface area contributed by atoms with Crippen LogP contribution in [0.25, 0.3) is 0 Å². The van der Waals surface area contributed by atoms with Crippen LogP contribution in [0.1, 0.15) is 0 Å². The predicted octanol–water partition coefficient (Wildman–Crippen LogP) is -1.76. The lowest BCUT2D eigenvalue weighted by atomic mass is 10.1. The van der Waals surface area contributed by atoms with Gasteiger partial charge in [0.05, 0.1) is 5.75 Å². The zero-order valence-corrected chi connectivity index (χ0v) is 8.15. The zero-order chi connectivity index (χ0) is 10.1. The average Bonchev–Trinajstić information content (AvgIpc) is 2.27. The molecule has 1 atom stereocenters. The molecule has 0 saturated carbocycles. The van der Waals surface area contributed by atoms with Crippen LogP contribution in [-0.2, 0) is 19.8 Å². The van der Waals surface area contributed by atoms with Gasteiger partial charge in [-0.25, -0.2) is 9.86 Å². The Labute approximate surface area is 79.4 Å². The van der Waals surface area contributed by atoms with Crippen molar-refractivity contribution in [3.63, 3.8) is 0 Å². The minimum Gasteiger partial charge on any atom is -0.298 e. The Hall–Kier alpha value is -0.440. The molecule has 6 nitrogen and oxygen atoms in total. The van der Waals surface area contributed by atoms with Crippen LogP contribution in [-0.4, -0.2) is 31.6 Å². The van der Waals surface area contributed by atoms with E-state index in [1.54, 1.807) is 0 Å². The van der Waals surface area contributed by atoms with Gasteiger partial charge in [-0.2, -0.15) is 8.42 Å². The van der Waals surface area contributed by atoms with Gasteiger partial charge in [0.2, 0.25) is 5.12 Å². The molecule has 0 amide bonds. The van der Waals surface area contributed by atoms with Crippen LogP contribution in [0.15, 0.2) is 0 Å². The number of carbonyl (C=O) groups is 2. The molecule has 1 aliphatic rings. The van der Waals surface area contributed by atoms with E-state index in [1.807, 2.05) is 4.72 Å². The topological polar surface area (TPSA) is 106 Å². The first-order chi connectivity index (χ1) is 5.90. The van der Waals surface area contributed by atoms with Crippen molar-refractivity contribution < 1.29 is 18.0 Å². The van der Waals surface area contributed by atoms with Gasteiger partial charge in [0.1, 0.15) is 5.92 Å². The van der Waals surface area contributed by atoms with Crippen molar-refractivity contribution in [1.29, 1.82) is 0 Å². The monoisotopic (exact) mass is 224 g/mol. The summed E-state index contributed by atoms with van der Waals surface area (Å²) < 4.78 is 22.8. The van der Waals surface area contributed by atoms with Crippen molar-refractivity contribution >= 4 is 32.9 Å². The summed E-state index contributed by atoms with van der Waals surface area (Å²) in [7, 11) is -3.82. The maximum Gasteiger partial charge on any atom is 0.274 e. The quantitative estimate of drug-likeness (QED) is 0.552. The second kappa shape index (κ2) is 3.74. The highest BCUT2D eigenvalue weighted by molar-refractivity contribution is 8.15. The summed E-state index contributed by atoms with van der Waals surface area (Å²) in [6.07, 6.45) is 0. The number of thioether (sulfide) groups is 1. The normalized spacial score (nSPS) is 23.9. The molecule has 1 fully saturated rings. The van der Waals surface area contributed by atoms with Crippen LogP contribution in [0.3, 0.4) is 0 Å². The highest BCUT2D eigenvalue weighted by Crippen LogP contribution is 2.21. The molecule has 1 aliphatic heterocycles. The summed E-state index contributed by atoms with van der Waals surface area (Å²) >= 11 is 0.900. The van der Waals surface area contributed by atoms with Gasteiger partial charge in [-0.1, -0.05) is 11.8 Å². The first-order valence-electron chi connectivity index (χ1n) is 3.37. The Balaban J connectivity index is 2.54. The highest BCUT2D eigenvalue weighted by atomic mass is 32.2. The predicted molar refractivity (Wildman–Crippen MR) is 47.1 cm³/mol. The number of hydrogen-bond acceptors (Lipinski definition) is 5. The van der Waals surface area contributed by atoms with Crippen molar-refractivity contribution in [2.24, 2.45) is 11.1 Å². The smallest absolute Gasteiger partial charge is 0.274 e. The molecule has 3 N–H and O–H groups in total. The molecule has 13 heavy (non-hydrogen) atoms. The lowest BCUT2D eigenvalue weighted by Gasteiger charge is -2.04. The molecule has 0 aliphatic carbocycles. The third-order valence-corrected chi connectivity index (χ3v) is 3.09. The van der Waals surface area contributed by atoms with Crippen LogP contribution in [0, 0.1) is 5.92 Å². The molecule has 1 heterocycles. The van der Waals surface area contributed by atoms with Gasteiger partial charge < -0.3 is 0 Å². The van der Waals surface area contributed by atoms with E-state index >= 15 is 0 Å². The SMILES string of the molecule is NS(=O)(=O)NCC1C(=O)CSC1=O. The van der Waals surface area contributed by atoms with Crippen molar-refractivity contribution in [1.82, 2.24) is 4.72 Å². The maximum atomic E-state index is 11.0. The van der Waals surface area contributed by atoms with Crippen molar-refractivity contribution in [3.05, 3.63) is 0 Å². The minimum absolute atomic E-state index is 0.121. The fraction of sp³-hybridized carbons (Fsp3) is 0.600. The Morgan fingerprint density at radius 3 is 2.54 bits per heavy atom. The van der Waals surface area contributed by atoms with E-state index in [-0.39, 0.29) is 23.2 Å². The van der Waals surface area contributed by atoms with Gasteiger partial charge in [-0.3, -0.25) is 9.59 Å². The molecule has 74 valence electrons. The van der Waals surface area contributed by atoms with Crippen LogP contribution < -0.4 is 9.86 Å². The molecule has 0 bridgehead atoms. The molecule has 1 saturated heterocycles. The highest BCUT2D eigenvalue weighted by Gasteiger charge is 2.34. The first kappa shape index (κ1) is 10.6. The Kier molecular flexibility index (Phi) is 3.06.